The minimum absolute atomic E-state index is 0.0175. The van der Waals surface area contributed by atoms with E-state index in [4.69, 9.17) is 11.6 Å². The summed E-state index contributed by atoms with van der Waals surface area (Å²) >= 11 is 6.00. The molecule has 12 heavy (non-hydrogen) atoms. The third-order valence-corrected chi connectivity index (χ3v) is 2.59. The van der Waals surface area contributed by atoms with Crippen molar-refractivity contribution in [1.29, 1.82) is 0 Å². The molecule has 1 aliphatic rings. The lowest BCUT2D eigenvalue weighted by molar-refractivity contribution is 0.901. The van der Waals surface area contributed by atoms with Gasteiger partial charge in [-0.2, -0.15) is 0 Å². The van der Waals surface area contributed by atoms with Crippen molar-refractivity contribution in [1.82, 2.24) is 9.97 Å². The molecule has 1 aromatic rings. The number of nitrogens with one attached hydrogen (secondary N) is 2. The van der Waals surface area contributed by atoms with Gasteiger partial charge in [-0.05, 0) is 13.0 Å². The second-order valence-corrected chi connectivity index (χ2v) is 3.56. The van der Waals surface area contributed by atoms with E-state index in [-0.39, 0.29) is 11.1 Å². The summed E-state index contributed by atoms with van der Waals surface area (Å²) in [7, 11) is 0. The molecule has 0 aliphatic heterocycles. The Morgan fingerprint density at radius 1 is 1.58 bits per heavy atom. The molecular formula is C8H9ClN2O. The van der Waals surface area contributed by atoms with Gasteiger partial charge < -0.3 is 9.97 Å². The molecule has 1 aliphatic carbocycles. The lowest BCUT2D eigenvalue weighted by Crippen LogP contribution is -2.10. The fourth-order valence-electron chi connectivity index (χ4n) is 1.38. The highest BCUT2D eigenvalue weighted by molar-refractivity contribution is 6.23. The number of H-pyrrole nitrogens is 2. The summed E-state index contributed by atoms with van der Waals surface area (Å²) in [6.07, 6.45) is 2.62. The standard InChI is InChI=1S/C8H9ClN2O/c1-4-2-6-7(3-5(4)9)11-8(12)10-6/h2,5H,3H2,1H3,(H2,10,11,12). The zero-order chi connectivity index (χ0) is 8.72. The molecule has 1 unspecified atom stereocenters. The van der Waals surface area contributed by atoms with E-state index in [0.717, 1.165) is 17.0 Å². The number of allylic oxidation sites excluding steroid dienone is 1. The van der Waals surface area contributed by atoms with Crippen LogP contribution in [0.1, 0.15) is 18.3 Å². The van der Waals surface area contributed by atoms with Crippen LogP contribution < -0.4 is 5.69 Å². The molecule has 64 valence electrons. The minimum atomic E-state index is -0.158. The van der Waals surface area contributed by atoms with E-state index in [0.29, 0.717) is 6.42 Å². The van der Waals surface area contributed by atoms with Gasteiger partial charge in [0.05, 0.1) is 11.1 Å². The number of rotatable bonds is 0. The number of alkyl halides is 1. The molecule has 2 rings (SSSR count). The summed E-state index contributed by atoms with van der Waals surface area (Å²) in [5.41, 5.74) is 2.72. The molecule has 1 atom stereocenters. The van der Waals surface area contributed by atoms with Gasteiger partial charge in [0, 0.05) is 12.1 Å². The normalized spacial score (nSPS) is 21.8. The van der Waals surface area contributed by atoms with Crippen LogP contribution in [0.4, 0.5) is 0 Å². The highest BCUT2D eigenvalue weighted by Gasteiger charge is 2.18. The SMILES string of the molecule is CC1=Cc2[nH]c(=O)[nH]c2CC1Cl. The Balaban J connectivity index is 2.55. The molecule has 3 nitrogen and oxygen atoms in total. The van der Waals surface area contributed by atoms with Crippen molar-refractivity contribution >= 4 is 17.7 Å². The third-order valence-electron chi connectivity index (χ3n) is 2.09. The Labute approximate surface area is 74.5 Å². The van der Waals surface area contributed by atoms with Crippen molar-refractivity contribution in [3.63, 3.8) is 0 Å². The van der Waals surface area contributed by atoms with Gasteiger partial charge in [0.1, 0.15) is 0 Å². The van der Waals surface area contributed by atoms with Crippen LogP contribution in [0.15, 0.2) is 10.4 Å². The second kappa shape index (κ2) is 2.52. The average molecular weight is 185 g/mol. The molecule has 1 heterocycles. The van der Waals surface area contributed by atoms with Crippen molar-refractivity contribution in [2.45, 2.75) is 18.7 Å². The summed E-state index contributed by atoms with van der Waals surface area (Å²) in [6, 6.07) is 0. The van der Waals surface area contributed by atoms with Crippen LogP contribution in [0.25, 0.3) is 6.08 Å². The van der Waals surface area contributed by atoms with Gasteiger partial charge in [-0.25, -0.2) is 4.79 Å². The molecule has 1 aromatic heterocycles. The van der Waals surface area contributed by atoms with Crippen LogP contribution in [0.5, 0.6) is 0 Å². The quantitative estimate of drug-likeness (QED) is 0.587. The van der Waals surface area contributed by atoms with Gasteiger partial charge in [-0.1, -0.05) is 5.57 Å². The lowest BCUT2D eigenvalue weighted by atomic mass is 10.0. The number of aromatic amines is 2. The topological polar surface area (TPSA) is 48.6 Å². The second-order valence-electron chi connectivity index (χ2n) is 3.03. The van der Waals surface area contributed by atoms with E-state index in [1.807, 2.05) is 13.0 Å². The summed E-state index contributed by atoms with van der Waals surface area (Å²) in [4.78, 5) is 16.3. The highest BCUT2D eigenvalue weighted by atomic mass is 35.5. The van der Waals surface area contributed by atoms with Crippen LogP contribution in [0.2, 0.25) is 0 Å². The van der Waals surface area contributed by atoms with Gasteiger partial charge in [-0.3, -0.25) is 0 Å². The zero-order valence-corrected chi connectivity index (χ0v) is 7.40. The molecule has 0 amide bonds. The van der Waals surface area contributed by atoms with Crippen molar-refractivity contribution in [2.24, 2.45) is 0 Å². The molecule has 0 saturated carbocycles. The molecule has 0 aromatic carbocycles. The Morgan fingerprint density at radius 3 is 3.08 bits per heavy atom. The molecule has 0 saturated heterocycles. The number of hydrogen-bond donors (Lipinski definition) is 2. The Hall–Kier alpha value is -0.960. The largest absolute Gasteiger partial charge is 0.323 e. The third kappa shape index (κ3) is 1.10. The Morgan fingerprint density at radius 2 is 2.33 bits per heavy atom. The highest BCUT2D eigenvalue weighted by Crippen LogP contribution is 2.23. The van der Waals surface area contributed by atoms with Crippen LogP contribution >= 0.6 is 11.6 Å². The van der Waals surface area contributed by atoms with E-state index in [2.05, 4.69) is 9.97 Å². The zero-order valence-electron chi connectivity index (χ0n) is 6.65. The Bertz CT molecular complexity index is 388. The average Bonchev–Trinajstić information content (AvgIpc) is 2.30. The predicted octanol–water partition coefficient (Wildman–Crippen LogP) is 1.27. The number of hydrogen-bond acceptors (Lipinski definition) is 1. The van der Waals surface area contributed by atoms with E-state index < -0.39 is 0 Å². The van der Waals surface area contributed by atoms with Crippen LogP contribution in [-0.2, 0) is 6.42 Å². The van der Waals surface area contributed by atoms with Crippen LogP contribution in [0, 0.1) is 0 Å². The van der Waals surface area contributed by atoms with Gasteiger partial charge >= 0.3 is 5.69 Å². The maximum Gasteiger partial charge on any atom is 0.323 e. The summed E-state index contributed by atoms with van der Waals surface area (Å²) < 4.78 is 0. The van der Waals surface area contributed by atoms with Crippen LogP contribution in [-0.4, -0.2) is 15.3 Å². The van der Waals surface area contributed by atoms with Crippen molar-refractivity contribution < 1.29 is 0 Å². The van der Waals surface area contributed by atoms with Gasteiger partial charge in [-0.15, -0.1) is 11.6 Å². The summed E-state index contributed by atoms with van der Waals surface area (Å²) in [5.74, 6) is 0. The molecule has 4 heteroatoms. The molecular weight excluding hydrogens is 176 g/mol. The molecule has 0 bridgehead atoms. The summed E-state index contributed by atoms with van der Waals surface area (Å²) in [6.45, 7) is 1.96. The number of fused-ring (bicyclic) bond motifs is 1. The number of halogens is 1. The molecule has 0 radical (unpaired) electrons. The number of imidazole rings is 1. The smallest absolute Gasteiger partial charge is 0.309 e. The summed E-state index contributed by atoms with van der Waals surface area (Å²) in [5, 5.41) is 0.0175. The molecule has 2 N–H and O–H groups in total. The maximum absolute atomic E-state index is 10.9. The van der Waals surface area contributed by atoms with E-state index in [9.17, 15) is 4.79 Å². The first-order valence-corrected chi connectivity index (χ1v) is 4.24. The Kier molecular flexibility index (Phi) is 1.61. The first-order chi connectivity index (χ1) is 5.66. The molecule has 0 spiro atoms. The fourth-order valence-corrected chi connectivity index (χ4v) is 1.59. The van der Waals surface area contributed by atoms with Crippen LogP contribution in [0.3, 0.4) is 0 Å². The van der Waals surface area contributed by atoms with E-state index >= 15 is 0 Å². The monoisotopic (exact) mass is 184 g/mol. The van der Waals surface area contributed by atoms with Crippen molar-refractivity contribution in [3.05, 3.63) is 27.4 Å². The minimum Gasteiger partial charge on any atom is -0.309 e. The van der Waals surface area contributed by atoms with Crippen molar-refractivity contribution in [3.8, 4) is 0 Å². The van der Waals surface area contributed by atoms with Gasteiger partial charge in [0.25, 0.3) is 0 Å². The van der Waals surface area contributed by atoms with E-state index in [1.54, 1.807) is 0 Å². The first-order valence-electron chi connectivity index (χ1n) is 3.80. The fraction of sp³-hybridized carbons (Fsp3) is 0.375. The van der Waals surface area contributed by atoms with Gasteiger partial charge in [0.15, 0.2) is 0 Å². The maximum atomic E-state index is 10.9. The molecule has 0 fully saturated rings. The van der Waals surface area contributed by atoms with Gasteiger partial charge in [0.2, 0.25) is 0 Å². The number of aromatic nitrogens is 2. The van der Waals surface area contributed by atoms with Crippen molar-refractivity contribution in [2.75, 3.05) is 0 Å². The predicted molar refractivity (Wildman–Crippen MR) is 48.4 cm³/mol. The van der Waals surface area contributed by atoms with E-state index in [1.165, 1.54) is 0 Å². The first kappa shape index (κ1) is 7.68. The lowest BCUT2D eigenvalue weighted by Gasteiger charge is -2.14.